The molecule has 13 heavy (non-hydrogen) atoms. The average Bonchev–Trinajstić information content (AvgIpc) is 2.02. The van der Waals surface area contributed by atoms with Gasteiger partial charge in [0.25, 0.3) is 0 Å². The van der Waals surface area contributed by atoms with Gasteiger partial charge in [-0.1, -0.05) is 0 Å². The van der Waals surface area contributed by atoms with Crippen LogP contribution in [0.5, 0.6) is 0 Å². The third kappa shape index (κ3) is 1.44. The second-order valence-corrected chi connectivity index (χ2v) is 3.46. The SMILES string of the molecule is N[C@@H]1CCCc2cc(F)cc(F)c21. The summed E-state index contributed by atoms with van der Waals surface area (Å²) < 4.78 is 26.1. The molecule has 0 saturated heterocycles. The van der Waals surface area contributed by atoms with Crippen molar-refractivity contribution in [2.75, 3.05) is 0 Å². The maximum atomic E-state index is 13.3. The van der Waals surface area contributed by atoms with E-state index in [0.717, 1.165) is 30.9 Å². The lowest BCUT2D eigenvalue weighted by Crippen LogP contribution is -2.19. The molecular formula is C10H11F2N. The standard InChI is InChI=1S/C10H11F2N/c11-7-4-6-2-1-3-9(13)10(6)8(12)5-7/h4-5,9H,1-3,13H2/t9-/m1/s1. The van der Waals surface area contributed by atoms with Crippen LogP contribution < -0.4 is 5.73 Å². The van der Waals surface area contributed by atoms with E-state index in [4.69, 9.17) is 5.73 Å². The topological polar surface area (TPSA) is 26.0 Å². The number of aryl methyl sites for hydroxylation is 1. The molecular weight excluding hydrogens is 172 g/mol. The molecule has 1 atom stereocenters. The molecule has 0 amide bonds. The number of nitrogens with two attached hydrogens (primary N) is 1. The highest BCUT2D eigenvalue weighted by molar-refractivity contribution is 5.33. The number of hydrogen-bond acceptors (Lipinski definition) is 1. The molecule has 1 aromatic rings. The molecule has 0 spiro atoms. The van der Waals surface area contributed by atoms with Crippen molar-refractivity contribution in [2.45, 2.75) is 25.3 Å². The third-order valence-corrected chi connectivity index (χ3v) is 2.51. The zero-order chi connectivity index (χ0) is 9.42. The van der Waals surface area contributed by atoms with E-state index in [1.54, 1.807) is 0 Å². The first kappa shape index (κ1) is 8.63. The van der Waals surface area contributed by atoms with Crippen molar-refractivity contribution in [1.82, 2.24) is 0 Å². The van der Waals surface area contributed by atoms with Crippen molar-refractivity contribution in [3.8, 4) is 0 Å². The molecule has 0 aliphatic heterocycles. The Kier molecular flexibility index (Phi) is 2.04. The number of fused-ring (bicyclic) bond motifs is 1. The van der Waals surface area contributed by atoms with Gasteiger partial charge in [0.05, 0.1) is 0 Å². The van der Waals surface area contributed by atoms with Crippen molar-refractivity contribution in [2.24, 2.45) is 5.73 Å². The molecule has 2 N–H and O–H groups in total. The Hall–Kier alpha value is -0.960. The molecule has 2 rings (SSSR count). The van der Waals surface area contributed by atoms with Gasteiger partial charge in [-0.3, -0.25) is 0 Å². The summed E-state index contributed by atoms with van der Waals surface area (Å²) in [5, 5.41) is 0. The highest BCUT2D eigenvalue weighted by Crippen LogP contribution is 2.30. The summed E-state index contributed by atoms with van der Waals surface area (Å²) in [6, 6.07) is 2.03. The Labute approximate surface area is 75.6 Å². The Bertz CT molecular complexity index is 336. The highest BCUT2D eigenvalue weighted by Gasteiger charge is 2.21. The quantitative estimate of drug-likeness (QED) is 0.656. The second kappa shape index (κ2) is 3.07. The molecule has 1 aliphatic carbocycles. The van der Waals surface area contributed by atoms with Crippen LogP contribution in [0.1, 0.15) is 30.0 Å². The van der Waals surface area contributed by atoms with Gasteiger partial charge in [-0.05, 0) is 30.9 Å². The van der Waals surface area contributed by atoms with Crippen molar-refractivity contribution >= 4 is 0 Å². The molecule has 3 heteroatoms. The molecule has 70 valence electrons. The minimum atomic E-state index is -0.509. The number of benzene rings is 1. The van der Waals surface area contributed by atoms with E-state index in [9.17, 15) is 8.78 Å². The van der Waals surface area contributed by atoms with Crippen LogP contribution >= 0.6 is 0 Å². The molecule has 1 aliphatic rings. The Morgan fingerprint density at radius 1 is 1.31 bits per heavy atom. The summed E-state index contributed by atoms with van der Waals surface area (Å²) in [6.07, 6.45) is 2.43. The van der Waals surface area contributed by atoms with E-state index in [1.165, 1.54) is 6.07 Å². The first-order valence-electron chi connectivity index (χ1n) is 4.42. The summed E-state index contributed by atoms with van der Waals surface area (Å²) in [5.41, 5.74) is 6.97. The van der Waals surface area contributed by atoms with Gasteiger partial charge in [-0.15, -0.1) is 0 Å². The fourth-order valence-corrected chi connectivity index (χ4v) is 1.92. The van der Waals surface area contributed by atoms with Gasteiger partial charge in [-0.25, -0.2) is 8.78 Å². The van der Waals surface area contributed by atoms with Gasteiger partial charge >= 0.3 is 0 Å². The molecule has 1 nitrogen and oxygen atoms in total. The summed E-state index contributed by atoms with van der Waals surface area (Å²) in [5.74, 6) is -1.01. The van der Waals surface area contributed by atoms with Crippen molar-refractivity contribution < 1.29 is 8.78 Å². The van der Waals surface area contributed by atoms with Crippen LogP contribution in [0.15, 0.2) is 12.1 Å². The molecule has 0 aromatic heterocycles. The molecule has 0 radical (unpaired) electrons. The zero-order valence-electron chi connectivity index (χ0n) is 7.19. The number of hydrogen-bond donors (Lipinski definition) is 1. The third-order valence-electron chi connectivity index (χ3n) is 2.51. The zero-order valence-corrected chi connectivity index (χ0v) is 7.19. The van der Waals surface area contributed by atoms with Gasteiger partial charge in [0, 0.05) is 17.7 Å². The molecule has 0 heterocycles. The molecule has 1 aromatic carbocycles. The van der Waals surface area contributed by atoms with E-state index < -0.39 is 11.6 Å². The predicted molar refractivity (Wildman–Crippen MR) is 46.2 cm³/mol. The minimum Gasteiger partial charge on any atom is -0.324 e. The fraction of sp³-hybridized carbons (Fsp3) is 0.400. The summed E-state index contributed by atoms with van der Waals surface area (Å²) in [4.78, 5) is 0. The largest absolute Gasteiger partial charge is 0.324 e. The van der Waals surface area contributed by atoms with E-state index in [-0.39, 0.29) is 6.04 Å². The molecule has 0 bridgehead atoms. The van der Waals surface area contributed by atoms with E-state index in [2.05, 4.69) is 0 Å². The maximum absolute atomic E-state index is 13.3. The number of halogens is 2. The Morgan fingerprint density at radius 3 is 2.85 bits per heavy atom. The van der Waals surface area contributed by atoms with Crippen LogP contribution in [0.3, 0.4) is 0 Å². The molecule has 0 saturated carbocycles. The van der Waals surface area contributed by atoms with Crippen molar-refractivity contribution in [1.29, 1.82) is 0 Å². The second-order valence-electron chi connectivity index (χ2n) is 3.46. The summed E-state index contributed by atoms with van der Waals surface area (Å²) in [6.45, 7) is 0. The lowest BCUT2D eigenvalue weighted by Gasteiger charge is -2.22. The van der Waals surface area contributed by atoms with Crippen LogP contribution in [0.4, 0.5) is 8.78 Å². The predicted octanol–water partition coefficient (Wildman–Crippen LogP) is 2.30. The fourth-order valence-electron chi connectivity index (χ4n) is 1.92. The minimum absolute atomic E-state index is 0.260. The van der Waals surface area contributed by atoms with Crippen molar-refractivity contribution in [3.63, 3.8) is 0 Å². The van der Waals surface area contributed by atoms with Crippen LogP contribution in [-0.2, 0) is 6.42 Å². The highest BCUT2D eigenvalue weighted by atomic mass is 19.1. The van der Waals surface area contributed by atoms with Crippen LogP contribution in [0.25, 0.3) is 0 Å². The van der Waals surface area contributed by atoms with Gasteiger partial charge < -0.3 is 5.73 Å². The maximum Gasteiger partial charge on any atom is 0.131 e. The normalized spacial score (nSPS) is 21.3. The Morgan fingerprint density at radius 2 is 2.08 bits per heavy atom. The first-order chi connectivity index (χ1) is 6.18. The lowest BCUT2D eigenvalue weighted by atomic mass is 9.88. The van der Waals surface area contributed by atoms with Gasteiger partial charge in [-0.2, -0.15) is 0 Å². The average molecular weight is 183 g/mol. The summed E-state index contributed by atoms with van der Waals surface area (Å²) in [7, 11) is 0. The lowest BCUT2D eigenvalue weighted by molar-refractivity contribution is 0.504. The van der Waals surface area contributed by atoms with Gasteiger partial charge in [0.1, 0.15) is 11.6 Å². The number of rotatable bonds is 0. The molecule has 0 fully saturated rings. The Balaban J connectivity index is 2.56. The monoisotopic (exact) mass is 183 g/mol. The van der Waals surface area contributed by atoms with Crippen LogP contribution in [0.2, 0.25) is 0 Å². The van der Waals surface area contributed by atoms with Gasteiger partial charge in [0.15, 0.2) is 0 Å². The van der Waals surface area contributed by atoms with Gasteiger partial charge in [0.2, 0.25) is 0 Å². The summed E-state index contributed by atoms with van der Waals surface area (Å²) >= 11 is 0. The van der Waals surface area contributed by atoms with Crippen LogP contribution in [-0.4, -0.2) is 0 Å². The van der Waals surface area contributed by atoms with E-state index in [0.29, 0.717) is 5.56 Å². The van der Waals surface area contributed by atoms with Crippen LogP contribution in [0, 0.1) is 11.6 Å². The first-order valence-corrected chi connectivity index (χ1v) is 4.42. The van der Waals surface area contributed by atoms with E-state index in [1.807, 2.05) is 0 Å². The molecule has 0 unspecified atom stereocenters. The van der Waals surface area contributed by atoms with E-state index >= 15 is 0 Å². The van der Waals surface area contributed by atoms with Crippen molar-refractivity contribution in [3.05, 3.63) is 34.9 Å². The smallest absolute Gasteiger partial charge is 0.131 e.